The molecule has 1 heterocycles. The van der Waals surface area contributed by atoms with Crippen LogP contribution in [-0.4, -0.2) is 39.4 Å². The number of amides is 1. The van der Waals surface area contributed by atoms with Crippen molar-refractivity contribution in [3.8, 4) is 5.75 Å². The minimum atomic E-state index is -3.83. The fraction of sp³-hybridized carbons (Fsp3) is 0.321. The third-order valence-electron chi connectivity index (χ3n) is 6.52. The summed E-state index contributed by atoms with van der Waals surface area (Å²) in [7, 11) is -2.34. The highest BCUT2D eigenvalue weighted by molar-refractivity contribution is 7.92. The van der Waals surface area contributed by atoms with E-state index in [0.29, 0.717) is 22.7 Å². The van der Waals surface area contributed by atoms with Crippen molar-refractivity contribution in [1.82, 2.24) is 4.90 Å². The first-order valence-corrected chi connectivity index (χ1v) is 13.6. The molecule has 3 aromatic rings. The maximum Gasteiger partial charge on any atom is 0.262 e. The van der Waals surface area contributed by atoms with Crippen molar-refractivity contribution in [2.75, 3.05) is 30.2 Å². The molecule has 1 aliphatic rings. The lowest BCUT2D eigenvalue weighted by atomic mass is 9.99. The van der Waals surface area contributed by atoms with E-state index in [1.807, 2.05) is 37.3 Å². The minimum absolute atomic E-state index is 0.0838. The average Bonchev–Trinajstić information content (AvgIpc) is 2.86. The molecule has 2 N–H and O–H groups in total. The number of rotatable bonds is 8. The largest absolute Gasteiger partial charge is 0.495 e. The Morgan fingerprint density at radius 1 is 1.00 bits per heavy atom. The number of aryl methyl sites for hydroxylation is 1. The molecule has 0 bridgehead atoms. The fourth-order valence-electron chi connectivity index (χ4n) is 4.27. The second kappa shape index (κ2) is 11.1. The molecule has 1 aliphatic heterocycles. The van der Waals surface area contributed by atoms with E-state index >= 15 is 0 Å². The highest BCUT2D eigenvalue weighted by atomic mass is 32.2. The molecule has 0 saturated carbocycles. The Morgan fingerprint density at radius 2 is 1.67 bits per heavy atom. The predicted octanol–water partition coefficient (Wildman–Crippen LogP) is 5.29. The van der Waals surface area contributed by atoms with Crippen LogP contribution in [0.5, 0.6) is 5.75 Å². The molecule has 36 heavy (non-hydrogen) atoms. The van der Waals surface area contributed by atoms with Crippen LogP contribution in [0.3, 0.4) is 0 Å². The molecule has 0 aliphatic carbocycles. The summed E-state index contributed by atoms with van der Waals surface area (Å²) in [5.74, 6) is 0.991. The normalized spacial score (nSPS) is 14.9. The number of likely N-dealkylation sites (tertiary alicyclic amines) is 1. The van der Waals surface area contributed by atoms with Crippen molar-refractivity contribution >= 4 is 27.3 Å². The van der Waals surface area contributed by atoms with Gasteiger partial charge in [0.2, 0.25) is 0 Å². The van der Waals surface area contributed by atoms with Crippen LogP contribution in [0.2, 0.25) is 0 Å². The highest BCUT2D eigenvalue weighted by Gasteiger charge is 2.18. The number of carbonyl (C=O) groups excluding carboxylic acids is 1. The van der Waals surface area contributed by atoms with Crippen LogP contribution in [0, 0.1) is 12.8 Å². The summed E-state index contributed by atoms with van der Waals surface area (Å²) in [6, 6.07) is 19.0. The summed E-state index contributed by atoms with van der Waals surface area (Å²) in [6.07, 6.45) is 2.47. The Balaban J connectivity index is 1.37. The van der Waals surface area contributed by atoms with E-state index < -0.39 is 10.0 Å². The van der Waals surface area contributed by atoms with Crippen LogP contribution in [0.1, 0.15) is 41.3 Å². The first-order valence-electron chi connectivity index (χ1n) is 12.1. The van der Waals surface area contributed by atoms with Crippen molar-refractivity contribution in [3.05, 3.63) is 83.4 Å². The molecular weight excluding hydrogens is 474 g/mol. The Labute approximate surface area is 213 Å². The lowest BCUT2D eigenvalue weighted by Gasteiger charge is -2.30. The third-order valence-corrected chi connectivity index (χ3v) is 7.90. The van der Waals surface area contributed by atoms with Gasteiger partial charge in [-0.15, -0.1) is 0 Å². The van der Waals surface area contributed by atoms with Gasteiger partial charge in [0.15, 0.2) is 0 Å². The molecular formula is C28H33N3O4S. The van der Waals surface area contributed by atoms with E-state index in [1.54, 1.807) is 24.3 Å². The fourth-order valence-corrected chi connectivity index (χ4v) is 5.33. The zero-order valence-electron chi connectivity index (χ0n) is 21.0. The summed E-state index contributed by atoms with van der Waals surface area (Å²) in [5, 5.41) is 2.83. The Kier molecular flexibility index (Phi) is 7.96. The standard InChI is InChI=1S/C28H33N3O4S/c1-20-14-16-31(17-15-20)19-22-5-7-23(8-6-22)28(32)29-24-9-11-25(12-10-24)36(33,34)30-26-18-21(2)4-13-27(26)35-3/h4-13,18,20,30H,14-17,19H2,1-3H3,(H,29,32). The van der Waals surface area contributed by atoms with Gasteiger partial charge < -0.3 is 10.1 Å². The van der Waals surface area contributed by atoms with Crippen LogP contribution in [-0.2, 0) is 16.6 Å². The second-order valence-electron chi connectivity index (χ2n) is 9.44. The minimum Gasteiger partial charge on any atom is -0.495 e. The molecule has 0 unspecified atom stereocenters. The maximum absolute atomic E-state index is 12.9. The molecule has 0 atom stereocenters. The number of anilines is 2. The van der Waals surface area contributed by atoms with Crippen LogP contribution < -0.4 is 14.8 Å². The Bertz CT molecular complexity index is 1300. The van der Waals surface area contributed by atoms with E-state index in [1.165, 1.54) is 37.6 Å². The maximum atomic E-state index is 12.9. The number of benzene rings is 3. The van der Waals surface area contributed by atoms with E-state index in [4.69, 9.17) is 4.74 Å². The van der Waals surface area contributed by atoms with Crippen LogP contribution >= 0.6 is 0 Å². The highest BCUT2D eigenvalue weighted by Crippen LogP contribution is 2.28. The van der Waals surface area contributed by atoms with Gasteiger partial charge in [0, 0.05) is 17.8 Å². The number of methoxy groups -OCH3 is 1. The molecule has 1 fully saturated rings. The number of carbonyl (C=O) groups is 1. The predicted molar refractivity (Wildman–Crippen MR) is 143 cm³/mol. The average molecular weight is 508 g/mol. The molecule has 4 rings (SSSR count). The van der Waals surface area contributed by atoms with Gasteiger partial charge in [0.25, 0.3) is 15.9 Å². The van der Waals surface area contributed by atoms with Crippen molar-refractivity contribution < 1.29 is 17.9 Å². The van der Waals surface area contributed by atoms with E-state index in [0.717, 1.165) is 31.1 Å². The van der Waals surface area contributed by atoms with Gasteiger partial charge in [-0.05, 0) is 98.4 Å². The number of piperidine rings is 1. The quantitative estimate of drug-likeness (QED) is 0.433. The molecule has 0 radical (unpaired) electrons. The smallest absolute Gasteiger partial charge is 0.262 e. The summed E-state index contributed by atoms with van der Waals surface area (Å²) in [4.78, 5) is 15.2. The van der Waals surface area contributed by atoms with Gasteiger partial charge >= 0.3 is 0 Å². The topological polar surface area (TPSA) is 87.7 Å². The zero-order chi connectivity index (χ0) is 25.7. The number of hydrogen-bond acceptors (Lipinski definition) is 5. The van der Waals surface area contributed by atoms with E-state index in [-0.39, 0.29) is 10.8 Å². The van der Waals surface area contributed by atoms with E-state index in [2.05, 4.69) is 21.9 Å². The van der Waals surface area contributed by atoms with Gasteiger partial charge in [-0.3, -0.25) is 14.4 Å². The summed E-state index contributed by atoms with van der Waals surface area (Å²) >= 11 is 0. The summed E-state index contributed by atoms with van der Waals surface area (Å²) in [6.45, 7) is 7.30. The Morgan fingerprint density at radius 3 is 2.31 bits per heavy atom. The van der Waals surface area contributed by atoms with Crippen LogP contribution in [0.15, 0.2) is 71.6 Å². The van der Waals surface area contributed by atoms with Gasteiger partial charge in [0.1, 0.15) is 5.75 Å². The molecule has 0 aromatic heterocycles. The first kappa shape index (κ1) is 25.7. The van der Waals surface area contributed by atoms with Gasteiger partial charge in [-0.1, -0.05) is 25.1 Å². The van der Waals surface area contributed by atoms with Crippen molar-refractivity contribution in [3.63, 3.8) is 0 Å². The molecule has 3 aromatic carbocycles. The second-order valence-corrected chi connectivity index (χ2v) is 11.1. The van der Waals surface area contributed by atoms with Crippen molar-refractivity contribution in [2.45, 2.75) is 38.1 Å². The van der Waals surface area contributed by atoms with Crippen LogP contribution in [0.4, 0.5) is 11.4 Å². The van der Waals surface area contributed by atoms with Gasteiger partial charge in [-0.25, -0.2) is 8.42 Å². The van der Waals surface area contributed by atoms with E-state index in [9.17, 15) is 13.2 Å². The molecule has 1 saturated heterocycles. The Hall–Kier alpha value is -3.36. The van der Waals surface area contributed by atoms with Gasteiger partial charge in [0.05, 0.1) is 17.7 Å². The number of sulfonamides is 1. The van der Waals surface area contributed by atoms with Gasteiger partial charge in [-0.2, -0.15) is 0 Å². The third kappa shape index (κ3) is 6.44. The lowest BCUT2D eigenvalue weighted by Crippen LogP contribution is -2.32. The molecule has 0 spiro atoms. The first-order chi connectivity index (χ1) is 17.2. The zero-order valence-corrected chi connectivity index (χ0v) is 21.8. The molecule has 7 nitrogen and oxygen atoms in total. The SMILES string of the molecule is COc1ccc(C)cc1NS(=O)(=O)c1ccc(NC(=O)c2ccc(CN3CCC(C)CC3)cc2)cc1. The number of ether oxygens (including phenoxy) is 1. The monoisotopic (exact) mass is 507 g/mol. The molecule has 8 heteroatoms. The van der Waals surface area contributed by atoms with Crippen molar-refractivity contribution in [1.29, 1.82) is 0 Å². The van der Waals surface area contributed by atoms with Crippen LogP contribution in [0.25, 0.3) is 0 Å². The molecule has 1 amide bonds. The van der Waals surface area contributed by atoms with Crippen molar-refractivity contribution in [2.24, 2.45) is 5.92 Å². The summed E-state index contributed by atoms with van der Waals surface area (Å²) < 4.78 is 33.6. The molecule has 190 valence electrons. The summed E-state index contributed by atoms with van der Waals surface area (Å²) in [5.41, 5.74) is 3.52. The number of nitrogens with one attached hydrogen (secondary N) is 2. The number of nitrogens with zero attached hydrogens (tertiary/aromatic N) is 1. The number of hydrogen-bond donors (Lipinski definition) is 2. The lowest BCUT2D eigenvalue weighted by molar-refractivity contribution is 0.102.